The van der Waals surface area contributed by atoms with Gasteiger partial charge in [-0.2, -0.15) is 0 Å². The molecule has 0 saturated carbocycles. The second kappa shape index (κ2) is 6.55. The number of hydrogen-bond acceptors (Lipinski definition) is 3. The quantitative estimate of drug-likeness (QED) is 0.849. The van der Waals surface area contributed by atoms with Gasteiger partial charge in [0.05, 0.1) is 17.8 Å². The van der Waals surface area contributed by atoms with Crippen molar-refractivity contribution < 1.29 is 27.2 Å². The van der Waals surface area contributed by atoms with Gasteiger partial charge in [-0.05, 0) is 32.0 Å². The van der Waals surface area contributed by atoms with E-state index in [1.54, 1.807) is 13.8 Å². The summed E-state index contributed by atoms with van der Waals surface area (Å²) in [7, 11) is 0. The van der Waals surface area contributed by atoms with Crippen LogP contribution in [0, 0.1) is 31.3 Å². The van der Waals surface area contributed by atoms with Crippen molar-refractivity contribution in [3.05, 3.63) is 52.7 Å². The van der Waals surface area contributed by atoms with Crippen LogP contribution in [0.5, 0.6) is 0 Å². The minimum absolute atomic E-state index is 0.273. The summed E-state index contributed by atoms with van der Waals surface area (Å²) in [5.74, 6) is -4.95. The average molecular weight is 326 g/mol. The number of carbonyl (C=O) groups is 2. The predicted molar refractivity (Wildman–Crippen MR) is 75.5 cm³/mol. The maximum absolute atomic E-state index is 13.4. The van der Waals surface area contributed by atoms with Gasteiger partial charge < -0.3 is 15.1 Å². The Hall–Kier alpha value is -2.77. The minimum atomic E-state index is -1.68. The summed E-state index contributed by atoms with van der Waals surface area (Å²) in [4.78, 5) is 23.5. The largest absolute Gasteiger partial charge is 0.466 e. The van der Waals surface area contributed by atoms with Gasteiger partial charge in [0, 0.05) is 0 Å². The van der Waals surface area contributed by atoms with Gasteiger partial charge >= 0.3 is 0 Å². The fraction of sp³-hybridized carbons (Fsp3) is 0.200. The normalized spacial score (nSPS) is 10.5. The summed E-state index contributed by atoms with van der Waals surface area (Å²) in [6.07, 6.45) is 0. The first kappa shape index (κ1) is 16.6. The first-order valence-corrected chi connectivity index (χ1v) is 6.58. The molecule has 2 N–H and O–H groups in total. The van der Waals surface area contributed by atoms with Crippen molar-refractivity contribution in [2.24, 2.45) is 0 Å². The number of furan rings is 1. The summed E-state index contributed by atoms with van der Waals surface area (Å²) in [6.45, 7) is 2.79. The Kier molecular flexibility index (Phi) is 4.73. The molecule has 1 heterocycles. The molecule has 0 aliphatic rings. The van der Waals surface area contributed by atoms with E-state index in [9.17, 15) is 22.8 Å². The number of nitrogens with one attached hydrogen (secondary N) is 2. The van der Waals surface area contributed by atoms with Crippen molar-refractivity contribution in [2.75, 3.05) is 11.9 Å². The molecule has 8 heteroatoms. The molecule has 5 nitrogen and oxygen atoms in total. The van der Waals surface area contributed by atoms with E-state index < -0.39 is 41.5 Å². The second-order valence-electron chi connectivity index (χ2n) is 4.78. The second-order valence-corrected chi connectivity index (χ2v) is 4.78. The summed E-state index contributed by atoms with van der Waals surface area (Å²) >= 11 is 0. The first-order valence-electron chi connectivity index (χ1n) is 6.58. The molecule has 1 aromatic heterocycles. The van der Waals surface area contributed by atoms with E-state index >= 15 is 0 Å². The molecule has 122 valence electrons. The number of carbonyl (C=O) groups excluding carboxylic acids is 2. The number of aryl methyl sites for hydroxylation is 2. The Bertz CT molecular complexity index is 772. The molecule has 0 radical (unpaired) electrons. The molecular formula is C15H13F3N2O3. The minimum Gasteiger partial charge on any atom is -0.466 e. The van der Waals surface area contributed by atoms with Crippen molar-refractivity contribution in [1.82, 2.24) is 5.32 Å². The standard InChI is InChI=1S/C15H13F3N2O3/c1-7-5-9(8(2)23-7)15(22)19-6-12(21)20-11-4-3-10(16)13(17)14(11)18/h3-5H,6H2,1-2H3,(H,19,22)(H,20,21). The molecule has 0 spiro atoms. The van der Waals surface area contributed by atoms with Crippen LogP contribution < -0.4 is 10.6 Å². The third-order valence-corrected chi connectivity index (χ3v) is 3.00. The highest BCUT2D eigenvalue weighted by Gasteiger charge is 2.17. The third kappa shape index (κ3) is 3.71. The van der Waals surface area contributed by atoms with Crippen LogP contribution in [0.3, 0.4) is 0 Å². The van der Waals surface area contributed by atoms with Gasteiger partial charge in [0.15, 0.2) is 17.5 Å². The zero-order valence-electron chi connectivity index (χ0n) is 12.3. The Morgan fingerprint density at radius 1 is 1.13 bits per heavy atom. The van der Waals surface area contributed by atoms with Crippen LogP contribution in [0.15, 0.2) is 22.6 Å². The molecule has 0 fully saturated rings. The van der Waals surface area contributed by atoms with Crippen LogP contribution in [-0.2, 0) is 4.79 Å². The fourth-order valence-corrected chi connectivity index (χ4v) is 1.93. The van der Waals surface area contributed by atoms with Crippen molar-refractivity contribution in [1.29, 1.82) is 0 Å². The molecule has 2 amide bonds. The average Bonchev–Trinajstić information content (AvgIpc) is 2.84. The van der Waals surface area contributed by atoms with Crippen molar-refractivity contribution in [3.63, 3.8) is 0 Å². The van der Waals surface area contributed by atoms with Gasteiger partial charge in [-0.15, -0.1) is 0 Å². The molecule has 1 aromatic carbocycles. The van der Waals surface area contributed by atoms with Crippen LogP contribution in [0.2, 0.25) is 0 Å². The Morgan fingerprint density at radius 2 is 1.83 bits per heavy atom. The molecule has 0 aliphatic carbocycles. The zero-order valence-corrected chi connectivity index (χ0v) is 12.3. The lowest BCUT2D eigenvalue weighted by Gasteiger charge is -2.08. The highest BCUT2D eigenvalue weighted by atomic mass is 19.2. The Labute approximate surface area is 129 Å². The van der Waals surface area contributed by atoms with E-state index in [0.717, 1.165) is 6.07 Å². The van der Waals surface area contributed by atoms with Crippen LogP contribution in [0.25, 0.3) is 0 Å². The van der Waals surface area contributed by atoms with E-state index in [2.05, 4.69) is 5.32 Å². The maximum Gasteiger partial charge on any atom is 0.255 e. The molecule has 2 rings (SSSR count). The fourth-order valence-electron chi connectivity index (χ4n) is 1.93. The monoisotopic (exact) mass is 326 g/mol. The number of halogens is 3. The lowest BCUT2D eigenvalue weighted by molar-refractivity contribution is -0.115. The highest BCUT2D eigenvalue weighted by molar-refractivity contribution is 5.99. The van der Waals surface area contributed by atoms with Gasteiger partial charge in [0.2, 0.25) is 5.91 Å². The summed E-state index contributed by atoms with van der Waals surface area (Å²) in [5.41, 5.74) is -0.243. The van der Waals surface area contributed by atoms with E-state index in [4.69, 9.17) is 4.42 Å². The van der Waals surface area contributed by atoms with Crippen molar-refractivity contribution >= 4 is 17.5 Å². The molecular weight excluding hydrogens is 313 g/mol. The zero-order chi connectivity index (χ0) is 17.1. The van der Waals surface area contributed by atoms with Crippen LogP contribution in [0.4, 0.5) is 18.9 Å². The molecule has 0 bridgehead atoms. The highest BCUT2D eigenvalue weighted by Crippen LogP contribution is 2.19. The number of amides is 2. The van der Waals surface area contributed by atoms with E-state index in [1.165, 1.54) is 6.07 Å². The van der Waals surface area contributed by atoms with Crippen molar-refractivity contribution in [3.8, 4) is 0 Å². The summed E-state index contributed by atoms with van der Waals surface area (Å²) < 4.78 is 44.4. The van der Waals surface area contributed by atoms with E-state index in [-0.39, 0.29) is 5.56 Å². The number of anilines is 1. The first-order chi connectivity index (χ1) is 10.8. The molecule has 0 atom stereocenters. The lowest BCUT2D eigenvalue weighted by Crippen LogP contribution is -2.33. The number of hydrogen-bond donors (Lipinski definition) is 2. The molecule has 0 saturated heterocycles. The Morgan fingerprint density at radius 3 is 2.43 bits per heavy atom. The van der Waals surface area contributed by atoms with Gasteiger partial charge in [-0.3, -0.25) is 9.59 Å². The third-order valence-electron chi connectivity index (χ3n) is 3.00. The van der Waals surface area contributed by atoms with E-state index in [0.29, 0.717) is 17.6 Å². The molecule has 23 heavy (non-hydrogen) atoms. The number of rotatable bonds is 4. The maximum atomic E-state index is 13.4. The smallest absolute Gasteiger partial charge is 0.255 e. The Balaban J connectivity index is 1.97. The summed E-state index contributed by atoms with van der Waals surface area (Å²) in [5, 5.41) is 4.36. The molecule has 0 aliphatic heterocycles. The topological polar surface area (TPSA) is 71.3 Å². The van der Waals surface area contributed by atoms with Gasteiger partial charge in [0.25, 0.3) is 5.91 Å². The summed E-state index contributed by atoms with van der Waals surface area (Å²) in [6, 6.07) is 3.08. The number of benzene rings is 1. The van der Waals surface area contributed by atoms with Gasteiger partial charge in [0.1, 0.15) is 11.5 Å². The lowest BCUT2D eigenvalue weighted by atomic mass is 10.2. The SMILES string of the molecule is Cc1cc(C(=O)NCC(=O)Nc2ccc(F)c(F)c2F)c(C)o1. The predicted octanol–water partition coefficient (Wildman–Crippen LogP) is 2.68. The van der Waals surface area contributed by atoms with Crippen molar-refractivity contribution in [2.45, 2.75) is 13.8 Å². The van der Waals surface area contributed by atoms with Crippen LogP contribution in [-0.4, -0.2) is 18.4 Å². The van der Waals surface area contributed by atoms with Gasteiger partial charge in [-0.25, -0.2) is 13.2 Å². The molecule has 2 aromatic rings. The van der Waals surface area contributed by atoms with Gasteiger partial charge in [-0.1, -0.05) is 0 Å². The van der Waals surface area contributed by atoms with E-state index in [1.807, 2.05) is 5.32 Å². The van der Waals surface area contributed by atoms with Crippen LogP contribution >= 0.6 is 0 Å². The van der Waals surface area contributed by atoms with Crippen LogP contribution in [0.1, 0.15) is 21.9 Å². The molecule has 0 unspecified atom stereocenters.